The van der Waals surface area contributed by atoms with Gasteiger partial charge in [0.25, 0.3) is 5.56 Å². The topological polar surface area (TPSA) is 122 Å². The summed E-state index contributed by atoms with van der Waals surface area (Å²) >= 11 is 0. The number of H-pyrrole nitrogens is 1. The highest BCUT2D eigenvalue weighted by atomic mass is 19.1. The number of tetrazole rings is 1. The second-order valence-corrected chi connectivity index (χ2v) is 6.54. The van der Waals surface area contributed by atoms with Gasteiger partial charge in [0.1, 0.15) is 5.82 Å². The van der Waals surface area contributed by atoms with Gasteiger partial charge in [-0.1, -0.05) is 23.4 Å². The Balaban J connectivity index is 1.55. The number of benzene rings is 2. The molecule has 0 amide bonds. The Labute approximate surface area is 170 Å². The van der Waals surface area contributed by atoms with Gasteiger partial charge in [0, 0.05) is 24.5 Å². The number of aliphatic hydroxyl groups is 1. The molecule has 0 atom stereocenters. The minimum absolute atomic E-state index is 0.0207. The van der Waals surface area contributed by atoms with Crippen LogP contribution in [0.1, 0.15) is 17.0 Å². The van der Waals surface area contributed by atoms with Gasteiger partial charge in [-0.05, 0) is 41.8 Å². The van der Waals surface area contributed by atoms with E-state index in [0.29, 0.717) is 23.5 Å². The first-order valence-corrected chi connectivity index (χ1v) is 9.19. The van der Waals surface area contributed by atoms with Crippen molar-refractivity contribution in [2.75, 3.05) is 5.32 Å². The second kappa shape index (κ2) is 8.62. The molecule has 0 spiro atoms. The summed E-state index contributed by atoms with van der Waals surface area (Å²) in [4.78, 5) is 16.9. The molecule has 2 heterocycles. The summed E-state index contributed by atoms with van der Waals surface area (Å²) in [6.45, 7) is -0.236. The Morgan fingerprint density at radius 3 is 2.63 bits per heavy atom. The Morgan fingerprint density at radius 1 is 1.10 bits per heavy atom. The first-order chi connectivity index (χ1) is 14.6. The van der Waals surface area contributed by atoms with E-state index in [2.05, 4.69) is 30.9 Å². The summed E-state index contributed by atoms with van der Waals surface area (Å²) in [5, 5.41) is 25.7. The molecular weight excluding hydrogens is 389 g/mol. The summed E-state index contributed by atoms with van der Waals surface area (Å²) in [5.74, 6) is 0.0695. The van der Waals surface area contributed by atoms with E-state index in [0.717, 1.165) is 12.0 Å². The maximum absolute atomic E-state index is 14.1. The van der Waals surface area contributed by atoms with Gasteiger partial charge in [-0.2, -0.15) is 5.21 Å². The largest absolute Gasteiger partial charge is 0.392 e. The number of halogens is 1. The smallest absolute Gasteiger partial charge is 0.298 e. The molecule has 0 aliphatic rings. The molecular formula is C20H18FN7O2. The minimum Gasteiger partial charge on any atom is -0.392 e. The summed E-state index contributed by atoms with van der Waals surface area (Å²) in [7, 11) is 0. The quantitative estimate of drug-likeness (QED) is 0.428. The Kier molecular flexibility index (Phi) is 5.57. The van der Waals surface area contributed by atoms with Gasteiger partial charge in [-0.25, -0.2) is 9.37 Å². The number of aliphatic hydroxyl groups excluding tert-OH is 1. The summed E-state index contributed by atoms with van der Waals surface area (Å²) in [5.41, 5.74) is 1.88. The number of hydrogen-bond donors (Lipinski definition) is 3. The number of aromatic amines is 1. The molecule has 152 valence electrons. The Morgan fingerprint density at radius 2 is 1.90 bits per heavy atom. The third-order valence-electron chi connectivity index (χ3n) is 4.55. The number of rotatable bonds is 7. The zero-order valence-electron chi connectivity index (χ0n) is 15.8. The fraction of sp³-hybridized carbons (Fsp3) is 0.150. The van der Waals surface area contributed by atoms with Crippen LogP contribution in [-0.2, 0) is 19.4 Å². The predicted octanol–water partition coefficient (Wildman–Crippen LogP) is 1.91. The van der Waals surface area contributed by atoms with Gasteiger partial charge in [0.15, 0.2) is 11.6 Å². The lowest BCUT2D eigenvalue weighted by atomic mass is 10.1. The van der Waals surface area contributed by atoms with Crippen molar-refractivity contribution in [3.63, 3.8) is 0 Å². The van der Waals surface area contributed by atoms with Crippen molar-refractivity contribution in [1.82, 2.24) is 30.2 Å². The molecule has 0 saturated heterocycles. The van der Waals surface area contributed by atoms with Crippen LogP contribution >= 0.6 is 0 Å². The molecule has 9 nitrogen and oxygen atoms in total. The minimum atomic E-state index is -0.547. The molecule has 4 aromatic rings. The van der Waals surface area contributed by atoms with Crippen molar-refractivity contribution >= 4 is 11.5 Å². The molecule has 2 aromatic heterocycles. The summed E-state index contributed by atoms with van der Waals surface area (Å²) in [6.07, 6.45) is 4.39. The average Bonchev–Trinajstić information content (AvgIpc) is 3.29. The molecule has 0 unspecified atom stereocenters. The van der Waals surface area contributed by atoms with Crippen LogP contribution in [-0.4, -0.2) is 35.3 Å². The van der Waals surface area contributed by atoms with E-state index in [1.165, 1.54) is 29.0 Å². The molecule has 3 N–H and O–H groups in total. The predicted molar refractivity (Wildman–Crippen MR) is 107 cm³/mol. The lowest BCUT2D eigenvalue weighted by Gasteiger charge is -2.11. The first kappa shape index (κ1) is 19.4. The van der Waals surface area contributed by atoms with Gasteiger partial charge < -0.3 is 10.4 Å². The zero-order chi connectivity index (χ0) is 20.9. The average molecular weight is 407 g/mol. The standard InChI is InChI=1S/C20H18FN7O2/c21-16-7-3-14(12-29)11-17(16)23-19-20(30)28(10-9-22-19)15-5-1-13(2-6-15)4-8-18-24-26-27-25-18/h1-3,5-7,9-11,29H,4,8,12H2,(H,22,23)(H,24,25,26,27). The SMILES string of the molecule is O=c1c(Nc2cc(CO)ccc2F)nccn1-c1ccc(CCc2nn[nH]n2)cc1. The van der Waals surface area contributed by atoms with Crippen LogP contribution in [0.2, 0.25) is 0 Å². The number of aromatic nitrogens is 6. The molecule has 30 heavy (non-hydrogen) atoms. The fourth-order valence-corrected chi connectivity index (χ4v) is 2.96. The zero-order valence-corrected chi connectivity index (χ0v) is 15.8. The van der Waals surface area contributed by atoms with Crippen molar-refractivity contribution in [2.45, 2.75) is 19.4 Å². The third kappa shape index (κ3) is 4.23. The molecule has 0 aliphatic heterocycles. The monoisotopic (exact) mass is 407 g/mol. The van der Waals surface area contributed by atoms with Gasteiger partial charge in [-0.15, -0.1) is 10.2 Å². The summed E-state index contributed by atoms with van der Waals surface area (Å²) < 4.78 is 15.5. The first-order valence-electron chi connectivity index (χ1n) is 9.19. The number of anilines is 2. The molecule has 0 fully saturated rings. The number of hydrogen-bond acceptors (Lipinski definition) is 7. The normalized spacial score (nSPS) is 10.9. The molecule has 0 saturated carbocycles. The molecule has 10 heteroatoms. The van der Waals surface area contributed by atoms with Crippen LogP contribution in [0, 0.1) is 5.82 Å². The number of nitrogens with one attached hydrogen (secondary N) is 2. The van der Waals surface area contributed by atoms with Crippen LogP contribution in [0.25, 0.3) is 5.69 Å². The lowest BCUT2D eigenvalue weighted by Crippen LogP contribution is -2.22. The van der Waals surface area contributed by atoms with E-state index in [-0.39, 0.29) is 18.1 Å². The second-order valence-electron chi connectivity index (χ2n) is 6.54. The van der Waals surface area contributed by atoms with E-state index < -0.39 is 11.4 Å². The van der Waals surface area contributed by atoms with E-state index in [4.69, 9.17) is 0 Å². The lowest BCUT2D eigenvalue weighted by molar-refractivity contribution is 0.282. The van der Waals surface area contributed by atoms with Crippen molar-refractivity contribution in [3.05, 3.63) is 88.0 Å². The maximum Gasteiger partial charge on any atom is 0.298 e. The van der Waals surface area contributed by atoms with E-state index in [1.54, 1.807) is 6.20 Å². The molecule has 0 aliphatic carbocycles. The van der Waals surface area contributed by atoms with E-state index >= 15 is 0 Å². The van der Waals surface area contributed by atoms with Crippen LogP contribution in [0.15, 0.2) is 59.7 Å². The molecule has 0 radical (unpaired) electrons. The fourth-order valence-electron chi connectivity index (χ4n) is 2.96. The van der Waals surface area contributed by atoms with E-state index in [1.807, 2.05) is 24.3 Å². The van der Waals surface area contributed by atoms with Crippen molar-refractivity contribution in [3.8, 4) is 5.69 Å². The van der Waals surface area contributed by atoms with Gasteiger partial charge >= 0.3 is 0 Å². The highest BCUT2D eigenvalue weighted by Crippen LogP contribution is 2.19. The van der Waals surface area contributed by atoms with Crippen LogP contribution < -0.4 is 10.9 Å². The van der Waals surface area contributed by atoms with Crippen LogP contribution in [0.3, 0.4) is 0 Å². The molecule has 0 bridgehead atoms. The Bertz CT molecular complexity index is 1190. The van der Waals surface area contributed by atoms with Crippen LogP contribution in [0.4, 0.5) is 15.9 Å². The van der Waals surface area contributed by atoms with Gasteiger partial charge in [0.05, 0.1) is 12.3 Å². The Hall–Kier alpha value is -3.92. The van der Waals surface area contributed by atoms with Crippen molar-refractivity contribution in [1.29, 1.82) is 0 Å². The molecule has 2 aromatic carbocycles. The molecule has 4 rings (SSSR count). The number of aryl methyl sites for hydroxylation is 2. The van der Waals surface area contributed by atoms with Crippen molar-refractivity contribution in [2.24, 2.45) is 0 Å². The highest BCUT2D eigenvalue weighted by molar-refractivity contribution is 5.57. The highest BCUT2D eigenvalue weighted by Gasteiger charge is 2.10. The van der Waals surface area contributed by atoms with Gasteiger partial charge in [0.2, 0.25) is 0 Å². The van der Waals surface area contributed by atoms with Gasteiger partial charge in [-0.3, -0.25) is 9.36 Å². The number of nitrogens with zero attached hydrogens (tertiary/aromatic N) is 5. The summed E-state index contributed by atoms with van der Waals surface area (Å²) in [6, 6.07) is 11.6. The van der Waals surface area contributed by atoms with Crippen molar-refractivity contribution < 1.29 is 9.50 Å². The van der Waals surface area contributed by atoms with E-state index in [9.17, 15) is 14.3 Å². The maximum atomic E-state index is 14.1. The van der Waals surface area contributed by atoms with Crippen LogP contribution in [0.5, 0.6) is 0 Å². The third-order valence-corrected chi connectivity index (χ3v) is 4.55.